The molecule has 0 radical (unpaired) electrons. The van der Waals surface area contributed by atoms with Gasteiger partial charge in [-0.3, -0.25) is 4.79 Å². The van der Waals surface area contributed by atoms with E-state index < -0.39 is 53.6 Å². The molecule has 1 aromatic heterocycles. The fourth-order valence-corrected chi connectivity index (χ4v) is 4.26. The minimum atomic E-state index is -3.84. The Morgan fingerprint density at radius 3 is 2.44 bits per heavy atom. The lowest BCUT2D eigenvalue weighted by Gasteiger charge is -2.56. The van der Waals surface area contributed by atoms with Crippen LogP contribution in [0.15, 0.2) is 41.5 Å². The highest BCUT2D eigenvalue weighted by Crippen LogP contribution is 2.63. The number of rotatable bonds is 3. The number of aliphatic imine (C=N–C) groups is 1. The Labute approximate surface area is 179 Å². The first-order chi connectivity index (χ1) is 14.8. The van der Waals surface area contributed by atoms with Crippen LogP contribution in [0.25, 0.3) is 0 Å². The third-order valence-corrected chi connectivity index (χ3v) is 5.89. The Hall–Kier alpha value is -3.24. The van der Waals surface area contributed by atoms with Crippen molar-refractivity contribution in [3.63, 3.8) is 0 Å². The Bertz CT molecular complexity index is 1110. The van der Waals surface area contributed by atoms with Gasteiger partial charge in [0.15, 0.2) is 11.1 Å². The molecule has 0 bridgehead atoms. The van der Waals surface area contributed by atoms with Gasteiger partial charge in [-0.25, -0.2) is 23.1 Å². The van der Waals surface area contributed by atoms with Gasteiger partial charge in [0, 0.05) is 5.69 Å². The summed E-state index contributed by atoms with van der Waals surface area (Å²) < 4.78 is 76.5. The number of anilines is 1. The van der Waals surface area contributed by atoms with Crippen LogP contribution in [0.3, 0.4) is 0 Å². The van der Waals surface area contributed by atoms with Gasteiger partial charge in [0.25, 0.3) is 17.9 Å². The second-order valence-corrected chi connectivity index (χ2v) is 8.25. The number of pyridine rings is 1. The molecule has 1 fully saturated rings. The Morgan fingerprint density at radius 2 is 1.84 bits per heavy atom. The number of carbonyl (C=O) groups is 1. The van der Waals surface area contributed by atoms with Crippen molar-refractivity contribution in [2.75, 3.05) is 5.32 Å². The maximum Gasteiger partial charge on any atom is 0.315 e. The molecule has 1 unspecified atom stereocenters. The molecule has 1 saturated carbocycles. The number of amidine groups is 1. The summed E-state index contributed by atoms with van der Waals surface area (Å²) in [6.45, 7) is 2.64. The maximum absolute atomic E-state index is 15.7. The molecule has 1 atom stereocenters. The predicted molar refractivity (Wildman–Crippen MR) is 105 cm³/mol. The summed E-state index contributed by atoms with van der Waals surface area (Å²) in [6.07, 6.45) is -1.51. The van der Waals surface area contributed by atoms with Crippen molar-refractivity contribution in [2.45, 2.75) is 49.7 Å². The van der Waals surface area contributed by atoms with Crippen molar-refractivity contribution in [2.24, 2.45) is 10.7 Å². The Morgan fingerprint density at radius 1 is 1.16 bits per heavy atom. The van der Waals surface area contributed by atoms with Gasteiger partial charge in [0.1, 0.15) is 11.5 Å². The summed E-state index contributed by atoms with van der Waals surface area (Å²) in [7, 11) is 0. The van der Waals surface area contributed by atoms with E-state index in [0.29, 0.717) is 5.56 Å². The Kier molecular flexibility index (Phi) is 4.72. The molecule has 170 valence electrons. The number of halogens is 5. The maximum atomic E-state index is 15.7. The number of nitrogens with zero attached hydrogens (tertiary/aromatic N) is 2. The van der Waals surface area contributed by atoms with Crippen molar-refractivity contribution < 1.29 is 31.5 Å². The SMILES string of the molecule is Cc1ccc(NC(=O)c2ccc(F)cn2)cc1C1(C)N=C(N)OC2(CC(F)(F)C2)C1(F)F. The van der Waals surface area contributed by atoms with E-state index in [4.69, 9.17) is 10.5 Å². The number of aromatic nitrogens is 1. The van der Waals surface area contributed by atoms with Crippen LogP contribution in [-0.2, 0) is 10.3 Å². The van der Waals surface area contributed by atoms with Crippen LogP contribution in [0, 0.1) is 12.7 Å². The van der Waals surface area contributed by atoms with Crippen molar-refractivity contribution >= 4 is 17.6 Å². The van der Waals surface area contributed by atoms with Crippen LogP contribution in [-0.4, -0.2) is 34.4 Å². The second-order valence-electron chi connectivity index (χ2n) is 8.25. The summed E-state index contributed by atoms with van der Waals surface area (Å²) in [5.74, 6) is -8.45. The summed E-state index contributed by atoms with van der Waals surface area (Å²) in [4.78, 5) is 19.9. The van der Waals surface area contributed by atoms with Crippen molar-refractivity contribution in [3.05, 3.63) is 59.2 Å². The first-order valence-electron chi connectivity index (χ1n) is 9.63. The van der Waals surface area contributed by atoms with Crippen LogP contribution in [0.1, 0.15) is 41.4 Å². The minimum absolute atomic E-state index is 0.0202. The number of nitrogens with two attached hydrogens (primary N) is 1. The number of hydrogen-bond donors (Lipinski definition) is 2. The standard InChI is InChI=1S/C21H19F5N4O2/c1-11-3-5-13(29-16(31)15-6-4-12(22)8-28-15)7-14(11)18(2)21(25,26)19(32-17(27)30-18)9-20(23,24)10-19/h3-8H,9-10H2,1-2H3,(H2,27,30)(H,29,31). The zero-order valence-electron chi connectivity index (χ0n) is 17.1. The number of benzene rings is 1. The molecule has 1 spiro atoms. The van der Waals surface area contributed by atoms with Gasteiger partial charge in [0.05, 0.1) is 19.0 Å². The first kappa shape index (κ1) is 22.0. The fourth-order valence-electron chi connectivity index (χ4n) is 4.26. The van der Waals surface area contributed by atoms with Gasteiger partial charge in [-0.2, -0.15) is 8.78 Å². The van der Waals surface area contributed by atoms with Gasteiger partial charge >= 0.3 is 5.92 Å². The number of carbonyl (C=O) groups excluding carboxylic acids is 1. The van der Waals surface area contributed by atoms with E-state index in [1.807, 2.05) is 0 Å². The molecule has 3 N–H and O–H groups in total. The van der Waals surface area contributed by atoms with E-state index in [1.54, 1.807) is 6.92 Å². The van der Waals surface area contributed by atoms with E-state index >= 15 is 8.78 Å². The van der Waals surface area contributed by atoms with Gasteiger partial charge in [-0.1, -0.05) is 6.07 Å². The summed E-state index contributed by atoms with van der Waals surface area (Å²) in [5, 5.41) is 2.50. The molecule has 1 aromatic carbocycles. The van der Waals surface area contributed by atoms with Gasteiger partial charge < -0.3 is 15.8 Å². The lowest BCUT2D eigenvalue weighted by Crippen LogP contribution is -2.72. The zero-order chi connectivity index (χ0) is 23.5. The summed E-state index contributed by atoms with van der Waals surface area (Å²) in [5.41, 5.74) is 1.23. The van der Waals surface area contributed by atoms with Crippen LogP contribution in [0.5, 0.6) is 0 Å². The number of hydrogen-bond acceptors (Lipinski definition) is 5. The molecule has 2 aliphatic rings. The highest BCUT2D eigenvalue weighted by atomic mass is 19.3. The fraction of sp³-hybridized carbons (Fsp3) is 0.381. The molecule has 11 heteroatoms. The summed E-state index contributed by atoms with van der Waals surface area (Å²) >= 11 is 0. The Balaban J connectivity index is 1.71. The summed E-state index contributed by atoms with van der Waals surface area (Å²) in [6, 6.07) is 5.83. The molecule has 1 aliphatic heterocycles. The van der Waals surface area contributed by atoms with E-state index in [-0.39, 0.29) is 16.9 Å². The lowest BCUT2D eigenvalue weighted by atomic mass is 9.64. The third kappa shape index (κ3) is 3.26. The number of nitrogens with one attached hydrogen (secondary N) is 1. The zero-order valence-corrected chi connectivity index (χ0v) is 17.1. The van der Waals surface area contributed by atoms with Crippen LogP contribution in [0.4, 0.5) is 27.6 Å². The molecule has 2 heterocycles. The molecule has 1 amide bonds. The first-order valence-corrected chi connectivity index (χ1v) is 9.63. The molecule has 2 aromatic rings. The molecule has 6 nitrogen and oxygen atoms in total. The third-order valence-electron chi connectivity index (χ3n) is 5.89. The van der Waals surface area contributed by atoms with Crippen LogP contribution in [0.2, 0.25) is 0 Å². The quantitative estimate of drug-likeness (QED) is 0.682. The number of amides is 1. The smallest absolute Gasteiger partial charge is 0.315 e. The number of alkyl halides is 4. The average molecular weight is 454 g/mol. The monoisotopic (exact) mass is 454 g/mol. The van der Waals surface area contributed by atoms with E-state index in [1.165, 1.54) is 24.3 Å². The molecule has 1 aliphatic carbocycles. The predicted octanol–water partition coefficient (Wildman–Crippen LogP) is 4.14. The van der Waals surface area contributed by atoms with Crippen LogP contribution < -0.4 is 11.1 Å². The normalized spacial score (nSPS) is 24.8. The highest BCUT2D eigenvalue weighted by molar-refractivity contribution is 6.02. The molecule has 32 heavy (non-hydrogen) atoms. The number of ether oxygens (including phenoxy) is 1. The highest BCUT2D eigenvalue weighted by Gasteiger charge is 2.78. The molecule has 4 rings (SSSR count). The van der Waals surface area contributed by atoms with Crippen LogP contribution >= 0.6 is 0 Å². The lowest BCUT2D eigenvalue weighted by molar-refractivity contribution is -0.313. The van der Waals surface area contributed by atoms with Gasteiger partial charge in [-0.05, 0) is 49.2 Å². The second kappa shape index (κ2) is 6.88. The van der Waals surface area contributed by atoms with E-state index in [9.17, 15) is 18.0 Å². The van der Waals surface area contributed by atoms with E-state index in [0.717, 1.165) is 19.2 Å². The minimum Gasteiger partial charge on any atom is -0.452 e. The van der Waals surface area contributed by atoms with Gasteiger partial charge in [0.2, 0.25) is 0 Å². The molecule has 0 saturated heterocycles. The molecular weight excluding hydrogens is 435 g/mol. The molecular formula is C21H19F5N4O2. The number of aryl methyl sites for hydroxylation is 1. The van der Waals surface area contributed by atoms with E-state index in [2.05, 4.69) is 15.3 Å². The van der Waals surface area contributed by atoms with Crippen molar-refractivity contribution in [1.29, 1.82) is 0 Å². The average Bonchev–Trinajstić information content (AvgIpc) is 2.66. The van der Waals surface area contributed by atoms with Crippen molar-refractivity contribution in [1.82, 2.24) is 4.98 Å². The van der Waals surface area contributed by atoms with Crippen molar-refractivity contribution in [3.8, 4) is 0 Å². The van der Waals surface area contributed by atoms with Gasteiger partial charge in [-0.15, -0.1) is 0 Å². The topological polar surface area (TPSA) is 89.6 Å². The largest absolute Gasteiger partial charge is 0.452 e.